The number of carboxylic acids is 1. The lowest BCUT2D eigenvalue weighted by Crippen LogP contribution is -2.53. The molecule has 2 unspecified atom stereocenters. The maximum Gasteiger partial charge on any atom is 0.316 e. The van der Waals surface area contributed by atoms with Crippen molar-refractivity contribution in [3.05, 3.63) is 35.4 Å². The molecule has 0 radical (unpaired) electrons. The molecule has 3 nitrogen and oxygen atoms in total. The van der Waals surface area contributed by atoms with Crippen molar-refractivity contribution in [3.63, 3.8) is 0 Å². The third kappa shape index (κ3) is 6.27. The van der Waals surface area contributed by atoms with Gasteiger partial charge in [-0.05, 0) is 44.1 Å². The summed E-state index contributed by atoms with van der Waals surface area (Å²) in [5.74, 6) is -2.81. The van der Waals surface area contributed by atoms with Gasteiger partial charge < -0.3 is 9.84 Å². The molecule has 1 aromatic carbocycles. The first-order valence-electron chi connectivity index (χ1n) is 12.2. The van der Waals surface area contributed by atoms with E-state index in [0.29, 0.717) is 18.8 Å². The molecule has 0 heterocycles. The van der Waals surface area contributed by atoms with Gasteiger partial charge >= 0.3 is 5.97 Å². The van der Waals surface area contributed by atoms with Crippen molar-refractivity contribution in [2.45, 2.75) is 115 Å². The van der Waals surface area contributed by atoms with Crippen LogP contribution in [0.1, 0.15) is 103 Å². The maximum absolute atomic E-state index is 14.9. The molecule has 5 heteroatoms. The van der Waals surface area contributed by atoms with Gasteiger partial charge in [-0.2, -0.15) is 0 Å². The molecule has 0 aliphatic heterocycles. The summed E-state index contributed by atoms with van der Waals surface area (Å²) < 4.78 is 35.5. The molecule has 2 rings (SSSR count). The van der Waals surface area contributed by atoms with Crippen LogP contribution in [0.15, 0.2) is 18.2 Å². The smallest absolute Gasteiger partial charge is 0.316 e. The zero-order valence-corrected chi connectivity index (χ0v) is 19.5. The Kier molecular flexibility index (Phi) is 10.4. The molecule has 1 aromatic rings. The van der Waals surface area contributed by atoms with Gasteiger partial charge in [0.15, 0.2) is 11.6 Å². The Hall–Kier alpha value is -1.49. The van der Waals surface area contributed by atoms with Gasteiger partial charge in [-0.3, -0.25) is 4.79 Å². The zero-order valence-electron chi connectivity index (χ0n) is 19.5. The van der Waals surface area contributed by atoms with E-state index in [0.717, 1.165) is 63.9 Å². The average Bonchev–Trinajstić information content (AvgIpc) is 2.74. The van der Waals surface area contributed by atoms with Gasteiger partial charge in [0, 0.05) is 5.56 Å². The highest BCUT2D eigenvalue weighted by Gasteiger charge is 2.53. The zero-order chi connectivity index (χ0) is 22.9. The molecule has 1 saturated carbocycles. The first kappa shape index (κ1) is 25.8. The third-order valence-corrected chi connectivity index (χ3v) is 6.92. The summed E-state index contributed by atoms with van der Waals surface area (Å²) in [6, 6.07) is 3.88. The van der Waals surface area contributed by atoms with Crippen LogP contribution < -0.4 is 0 Å². The van der Waals surface area contributed by atoms with Crippen LogP contribution in [0.25, 0.3) is 0 Å². The molecule has 1 fully saturated rings. The number of carbonyl (C=O) groups is 1. The van der Waals surface area contributed by atoms with E-state index in [2.05, 4.69) is 20.8 Å². The number of carboxylic acid groups (broad SMARTS) is 1. The van der Waals surface area contributed by atoms with E-state index in [-0.39, 0.29) is 18.1 Å². The summed E-state index contributed by atoms with van der Waals surface area (Å²) in [6.07, 6.45) is 9.95. The molecule has 1 aliphatic carbocycles. The topological polar surface area (TPSA) is 46.5 Å². The SMILES string of the molecule is CCCCC[C@@H]1CCC(C(=O)O)(c2cccc(F)c2F)[C@@H](OC(CCC)CCCC)C1. The van der Waals surface area contributed by atoms with Crippen LogP contribution in [0.4, 0.5) is 8.78 Å². The van der Waals surface area contributed by atoms with E-state index in [9.17, 15) is 18.7 Å². The molecule has 0 bridgehead atoms. The van der Waals surface area contributed by atoms with Gasteiger partial charge in [-0.1, -0.05) is 77.8 Å². The summed E-state index contributed by atoms with van der Waals surface area (Å²) >= 11 is 0. The summed E-state index contributed by atoms with van der Waals surface area (Å²) in [6.45, 7) is 6.38. The highest BCUT2D eigenvalue weighted by atomic mass is 19.2. The largest absolute Gasteiger partial charge is 0.481 e. The lowest BCUT2D eigenvalue weighted by molar-refractivity contribution is -0.161. The van der Waals surface area contributed by atoms with Crippen molar-refractivity contribution in [3.8, 4) is 0 Å². The fourth-order valence-corrected chi connectivity index (χ4v) is 5.11. The number of unbranched alkanes of at least 4 members (excludes halogenated alkanes) is 3. The van der Waals surface area contributed by atoms with E-state index < -0.39 is 29.1 Å². The summed E-state index contributed by atoms with van der Waals surface area (Å²) in [5, 5.41) is 10.4. The van der Waals surface area contributed by atoms with Crippen molar-refractivity contribution in [1.29, 1.82) is 0 Å². The molecule has 0 aromatic heterocycles. The second kappa shape index (κ2) is 12.5. The van der Waals surface area contributed by atoms with E-state index in [1.54, 1.807) is 0 Å². The minimum absolute atomic E-state index is 0.0558. The number of benzene rings is 1. The van der Waals surface area contributed by atoms with Crippen LogP contribution in [-0.2, 0) is 14.9 Å². The monoisotopic (exact) mass is 438 g/mol. The van der Waals surface area contributed by atoms with Gasteiger partial charge in [0.1, 0.15) is 5.41 Å². The van der Waals surface area contributed by atoms with Gasteiger partial charge in [0.05, 0.1) is 12.2 Å². The first-order chi connectivity index (χ1) is 14.9. The molecular formula is C26H40F2O3. The lowest BCUT2D eigenvalue weighted by Gasteiger charge is -2.45. The summed E-state index contributed by atoms with van der Waals surface area (Å²) in [5.41, 5.74) is -1.62. The fraction of sp³-hybridized carbons (Fsp3) is 0.731. The van der Waals surface area contributed by atoms with Crippen LogP contribution in [-0.4, -0.2) is 23.3 Å². The molecule has 1 aliphatic rings. The molecule has 1 N–H and O–H groups in total. The Balaban J connectivity index is 2.41. The number of halogens is 2. The van der Waals surface area contributed by atoms with Crippen molar-refractivity contribution in [2.24, 2.45) is 5.92 Å². The van der Waals surface area contributed by atoms with Crippen LogP contribution in [0.3, 0.4) is 0 Å². The van der Waals surface area contributed by atoms with Gasteiger partial charge in [0.2, 0.25) is 0 Å². The minimum atomic E-state index is -1.55. The molecule has 0 spiro atoms. The van der Waals surface area contributed by atoms with E-state index >= 15 is 0 Å². The van der Waals surface area contributed by atoms with E-state index in [1.165, 1.54) is 12.1 Å². The highest BCUT2D eigenvalue weighted by Crippen LogP contribution is 2.47. The maximum atomic E-state index is 14.9. The second-order valence-corrected chi connectivity index (χ2v) is 9.19. The standard InChI is InChI=1S/C26H40F2O3/c1-4-7-9-12-19-16-17-26(25(29)30,21-14-10-15-22(27)24(21)28)23(18-19)31-20(11-6-3)13-8-5-2/h10,14-15,19-20,23H,4-9,11-13,16-18H2,1-3H3,(H,29,30)/t19-,20?,23+,26?/m1/s1. The van der Waals surface area contributed by atoms with E-state index in [1.807, 2.05) is 0 Å². The van der Waals surface area contributed by atoms with Gasteiger partial charge in [-0.15, -0.1) is 0 Å². The predicted octanol–water partition coefficient (Wildman–Crippen LogP) is 7.41. The van der Waals surface area contributed by atoms with Crippen molar-refractivity contribution >= 4 is 5.97 Å². The van der Waals surface area contributed by atoms with E-state index in [4.69, 9.17) is 4.74 Å². The number of hydrogen-bond donors (Lipinski definition) is 1. The number of aliphatic carboxylic acids is 1. The Morgan fingerprint density at radius 1 is 1.13 bits per heavy atom. The molecule has 0 saturated heterocycles. The fourth-order valence-electron chi connectivity index (χ4n) is 5.11. The Morgan fingerprint density at radius 2 is 1.87 bits per heavy atom. The van der Waals surface area contributed by atoms with Crippen LogP contribution in [0.2, 0.25) is 0 Å². The second-order valence-electron chi connectivity index (χ2n) is 9.19. The lowest BCUT2D eigenvalue weighted by atomic mass is 9.63. The summed E-state index contributed by atoms with van der Waals surface area (Å²) in [7, 11) is 0. The Bertz CT molecular complexity index is 693. The van der Waals surface area contributed by atoms with Crippen LogP contribution >= 0.6 is 0 Å². The van der Waals surface area contributed by atoms with Crippen molar-refractivity contribution < 1.29 is 23.4 Å². The van der Waals surface area contributed by atoms with Gasteiger partial charge in [0.25, 0.3) is 0 Å². The normalized spacial score (nSPS) is 24.8. The Labute approximate surface area is 186 Å². The van der Waals surface area contributed by atoms with Crippen molar-refractivity contribution in [1.82, 2.24) is 0 Å². The molecule has 176 valence electrons. The average molecular weight is 439 g/mol. The van der Waals surface area contributed by atoms with Crippen LogP contribution in [0, 0.1) is 17.6 Å². The Morgan fingerprint density at radius 3 is 2.52 bits per heavy atom. The first-order valence-corrected chi connectivity index (χ1v) is 12.2. The number of ether oxygens (including phenoxy) is 1. The van der Waals surface area contributed by atoms with Crippen molar-refractivity contribution in [2.75, 3.05) is 0 Å². The molecule has 31 heavy (non-hydrogen) atoms. The molecular weight excluding hydrogens is 398 g/mol. The van der Waals surface area contributed by atoms with Crippen LogP contribution in [0.5, 0.6) is 0 Å². The molecule has 4 atom stereocenters. The number of rotatable bonds is 13. The summed E-state index contributed by atoms with van der Waals surface area (Å²) in [4.78, 5) is 12.7. The quantitative estimate of drug-likeness (QED) is 0.326. The third-order valence-electron chi connectivity index (χ3n) is 6.92. The minimum Gasteiger partial charge on any atom is -0.481 e. The van der Waals surface area contributed by atoms with Gasteiger partial charge in [-0.25, -0.2) is 8.78 Å². The predicted molar refractivity (Wildman–Crippen MR) is 120 cm³/mol. The number of hydrogen-bond acceptors (Lipinski definition) is 2. The highest BCUT2D eigenvalue weighted by molar-refractivity contribution is 5.82. The molecule has 0 amide bonds.